The molecule has 33 heavy (non-hydrogen) atoms. The molecule has 2 aromatic rings. The molecule has 1 saturated heterocycles. The summed E-state index contributed by atoms with van der Waals surface area (Å²) < 4.78 is 12.2. The Balaban J connectivity index is 1.21. The van der Waals surface area contributed by atoms with Crippen molar-refractivity contribution in [2.45, 2.75) is 19.4 Å². The maximum atomic E-state index is 13.1. The van der Waals surface area contributed by atoms with E-state index in [-0.39, 0.29) is 40.9 Å². The number of amides is 2. The summed E-state index contributed by atoms with van der Waals surface area (Å²) in [5, 5.41) is 5.39. The minimum Gasteiger partial charge on any atom is -0.493 e. The van der Waals surface area contributed by atoms with Crippen LogP contribution in [-0.2, 0) is 16.2 Å². The number of carbonyl (C=O) groups excluding carboxylic acids is 2. The quantitative estimate of drug-likeness (QED) is 0.327. The molecule has 7 heteroatoms. The van der Waals surface area contributed by atoms with E-state index in [9.17, 15) is 9.59 Å². The first-order valence-corrected chi connectivity index (χ1v) is 12.0. The largest absolute Gasteiger partial charge is 0.493 e. The summed E-state index contributed by atoms with van der Waals surface area (Å²) in [6.07, 6.45) is 8.10. The fourth-order valence-corrected chi connectivity index (χ4v) is 6.56. The SMILES string of the molecule is COc1cc(/C=N\N2C(=O)[C@H]3[C@H](C2=O)[C@H]2C=C[C@H]3C23CC3)cc(Br)c1OCc1ccccc1. The molecule has 3 aliphatic carbocycles. The topological polar surface area (TPSA) is 68.2 Å². The first-order valence-electron chi connectivity index (χ1n) is 11.2. The fourth-order valence-electron chi connectivity index (χ4n) is 5.99. The van der Waals surface area contributed by atoms with Crippen LogP contribution in [-0.4, -0.2) is 30.1 Å². The summed E-state index contributed by atoms with van der Waals surface area (Å²) in [7, 11) is 1.57. The number of ether oxygens (including phenoxy) is 2. The van der Waals surface area contributed by atoms with Gasteiger partial charge in [0.2, 0.25) is 0 Å². The van der Waals surface area contributed by atoms with Crippen LogP contribution in [0.4, 0.5) is 0 Å². The zero-order valence-corrected chi connectivity index (χ0v) is 19.7. The Morgan fingerprint density at radius 3 is 2.36 bits per heavy atom. The number of carbonyl (C=O) groups is 2. The number of imide groups is 1. The Morgan fingerprint density at radius 2 is 1.76 bits per heavy atom. The van der Waals surface area contributed by atoms with Crippen molar-refractivity contribution >= 4 is 34.0 Å². The number of allylic oxidation sites excluding steroid dienone is 2. The number of nitrogens with zero attached hydrogens (tertiary/aromatic N) is 2. The molecule has 2 saturated carbocycles. The highest BCUT2D eigenvalue weighted by atomic mass is 79.9. The summed E-state index contributed by atoms with van der Waals surface area (Å²) in [5.41, 5.74) is 1.93. The van der Waals surface area contributed by atoms with Crippen molar-refractivity contribution in [3.8, 4) is 11.5 Å². The molecule has 1 heterocycles. The molecular formula is C26H23BrN2O4. The number of halogens is 1. The number of benzene rings is 2. The van der Waals surface area contributed by atoms with E-state index in [0.717, 1.165) is 23.4 Å². The number of hydrazone groups is 1. The maximum Gasteiger partial charge on any atom is 0.254 e. The molecule has 4 atom stereocenters. The summed E-state index contributed by atoms with van der Waals surface area (Å²) in [6.45, 7) is 0.403. The summed E-state index contributed by atoms with van der Waals surface area (Å²) in [5.74, 6) is 0.675. The standard InChI is InChI=1S/C26H23BrN2O4/c1-32-20-12-16(11-19(27)23(20)33-14-15-5-3-2-4-6-15)13-28-29-24(30)21-17-7-8-18(22(21)25(29)31)26(17)9-10-26/h2-8,11-13,17-18,21-22H,9-10,14H2,1H3/b28-13-/t17-,18-,21-,22-/m1/s1. The molecule has 1 aliphatic heterocycles. The molecular weight excluding hydrogens is 484 g/mol. The summed E-state index contributed by atoms with van der Waals surface area (Å²) in [4.78, 5) is 26.2. The molecule has 2 aromatic carbocycles. The molecule has 2 amide bonds. The highest BCUT2D eigenvalue weighted by molar-refractivity contribution is 9.10. The highest BCUT2D eigenvalue weighted by Crippen LogP contribution is 2.73. The number of hydrogen-bond donors (Lipinski definition) is 0. The highest BCUT2D eigenvalue weighted by Gasteiger charge is 2.73. The maximum absolute atomic E-state index is 13.1. The van der Waals surface area contributed by atoms with Gasteiger partial charge in [0, 0.05) is 0 Å². The lowest BCUT2D eigenvalue weighted by Gasteiger charge is -2.18. The van der Waals surface area contributed by atoms with Gasteiger partial charge in [-0.25, -0.2) is 0 Å². The molecule has 6 rings (SSSR count). The third-order valence-electron chi connectivity index (χ3n) is 7.63. The monoisotopic (exact) mass is 506 g/mol. The Labute approximate surface area is 200 Å². The first kappa shape index (κ1) is 20.7. The molecule has 168 valence electrons. The van der Waals surface area contributed by atoms with Crippen LogP contribution in [0.3, 0.4) is 0 Å². The molecule has 4 aliphatic rings. The van der Waals surface area contributed by atoms with Gasteiger partial charge in [0.1, 0.15) is 6.61 Å². The molecule has 0 radical (unpaired) electrons. The number of rotatable bonds is 6. The minimum absolute atomic E-state index is 0.168. The minimum atomic E-state index is -0.248. The Kier molecular flexibility index (Phi) is 4.73. The van der Waals surface area contributed by atoms with E-state index in [1.807, 2.05) is 36.4 Å². The zero-order valence-electron chi connectivity index (χ0n) is 18.1. The fraction of sp³-hybridized carbons (Fsp3) is 0.346. The van der Waals surface area contributed by atoms with Crippen molar-refractivity contribution < 1.29 is 19.1 Å². The van der Waals surface area contributed by atoms with E-state index in [1.165, 1.54) is 6.21 Å². The van der Waals surface area contributed by atoms with Crippen molar-refractivity contribution in [1.82, 2.24) is 5.01 Å². The van der Waals surface area contributed by atoms with Gasteiger partial charge < -0.3 is 9.47 Å². The van der Waals surface area contributed by atoms with Gasteiger partial charge in [-0.3, -0.25) is 9.59 Å². The third-order valence-corrected chi connectivity index (χ3v) is 8.22. The Morgan fingerprint density at radius 1 is 1.09 bits per heavy atom. The second kappa shape index (κ2) is 7.55. The second-order valence-electron chi connectivity index (χ2n) is 9.26. The van der Waals surface area contributed by atoms with Gasteiger partial charge in [-0.2, -0.15) is 10.1 Å². The predicted molar refractivity (Wildman–Crippen MR) is 126 cm³/mol. The van der Waals surface area contributed by atoms with E-state index < -0.39 is 0 Å². The van der Waals surface area contributed by atoms with E-state index in [0.29, 0.717) is 28.1 Å². The average molecular weight is 507 g/mol. The average Bonchev–Trinajstić information content (AvgIpc) is 3.43. The van der Waals surface area contributed by atoms with E-state index >= 15 is 0 Å². The lowest BCUT2D eigenvalue weighted by molar-refractivity contribution is -0.141. The van der Waals surface area contributed by atoms with Crippen LogP contribution in [0.5, 0.6) is 11.5 Å². The zero-order chi connectivity index (χ0) is 22.7. The second-order valence-corrected chi connectivity index (χ2v) is 10.1. The molecule has 2 bridgehead atoms. The van der Waals surface area contributed by atoms with Gasteiger partial charge in [0.25, 0.3) is 11.8 Å². The van der Waals surface area contributed by atoms with Gasteiger partial charge in [-0.15, -0.1) is 0 Å². The molecule has 0 unspecified atom stereocenters. The van der Waals surface area contributed by atoms with Crippen molar-refractivity contribution in [3.63, 3.8) is 0 Å². The lowest BCUT2D eigenvalue weighted by atomic mass is 9.85. The smallest absolute Gasteiger partial charge is 0.254 e. The van der Waals surface area contributed by atoms with Crippen LogP contribution < -0.4 is 9.47 Å². The van der Waals surface area contributed by atoms with Crippen molar-refractivity contribution in [2.24, 2.45) is 34.2 Å². The summed E-state index contributed by atoms with van der Waals surface area (Å²) >= 11 is 3.55. The van der Waals surface area contributed by atoms with Crippen molar-refractivity contribution in [2.75, 3.05) is 7.11 Å². The molecule has 6 nitrogen and oxygen atoms in total. The van der Waals surface area contributed by atoms with Gasteiger partial charge >= 0.3 is 0 Å². The molecule has 1 spiro atoms. The van der Waals surface area contributed by atoms with Gasteiger partial charge in [0.05, 0.1) is 29.6 Å². The van der Waals surface area contributed by atoms with E-state index in [2.05, 4.69) is 33.2 Å². The number of methoxy groups -OCH3 is 1. The Bertz CT molecular complexity index is 1170. The molecule has 0 N–H and O–H groups in total. The third kappa shape index (κ3) is 3.09. The van der Waals surface area contributed by atoms with Crippen LogP contribution in [0.15, 0.2) is 64.2 Å². The van der Waals surface area contributed by atoms with E-state index in [1.54, 1.807) is 13.2 Å². The Hall–Kier alpha value is -2.93. The number of hydrogen-bond acceptors (Lipinski definition) is 5. The van der Waals surface area contributed by atoms with Crippen LogP contribution in [0.1, 0.15) is 24.0 Å². The molecule has 0 aromatic heterocycles. The normalized spacial score (nSPS) is 28.2. The van der Waals surface area contributed by atoms with Crippen LogP contribution in [0.2, 0.25) is 0 Å². The van der Waals surface area contributed by atoms with Crippen molar-refractivity contribution in [3.05, 3.63) is 70.2 Å². The van der Waals surface area contributed by atoms with E-state index in [4.69, 9.17) is 9.47 Å². The summed E-state index contributed by atoms with van der Waals surface area (Å²) in [6, 6.07) is 13.5. The van der Waals surface area contributed by atoms with Gasteiger partial charge in [-0.1, -0.05) is 42.5 Å². The predicted octanol–water partition coefficient (Wildman–Crippen LogP) is 4.57. The van der Waals surface area contributed by atoms with Crippen LogP contribution >= 0.6 is 15.9 Å². The van der Waals surface area contributed by atoms with Gasteiger partial charge in [-0.05, 0) is 69.3 Å². The van der Waals surface area contributed by atoms with Crippen molar-refractivity contribution in [1.29, 1.82) is 0 Å². The van der Waals surface area contributed by atoms with Crippen LogP contribution in [0.25, 0.3) is 0 Å². The van der Waals surface area contributed by atoms with Crippen LogP contribution in [0, 0.1) is 29.1 Å². The molecule has 3 fully saturated rings. The number of fused-ring (bicyclic) bond motifs is 3. The first-order chi connectivity index (χ1) is 16.0. The lowest BCUT2D eigenvalue weighted by Crippen LogP contribution is -2.30. The van der Waals surface area contributed by atoms with Gasteiger partial charge in [0.15, 0.2) is 11.5 Å².